The summed E-state index contributed by atoms with van der Waals surface area (Å²) in [7, 11) is 0. The van der Waals surface area contributed by atoms with E-state index < -0.39 is 29.8 Å². The molecule has 0 radical (unpaired) electrons. The summed E-state index contributed by atoms with van der Waals surface area (Å²) in [5.41, 5.74) is 3.24. The quantitative estimate of drug-likeness (QED) is 0.222. The van der Waals surface area contributed by atoms with E-state index in [0.717, 1.165) is 0 Å². The number of nitrogens with zero attached hydrogens (tertiary/aromatic N) is 5. The van der Waals surface area contributed by atoms with Crippen LogP contribution in [0, 0.1) is 0 Å². The van der Waals surface area contributed by atoms with Gasteiger partial charge in [0.25, 0.3) is 11.8 Å². The number of hydrogen-bond acceptors (Lipinski definition) is 10. The normalized spacial score (nSPS) is 20.0. The molecule has 5 heterocycles. The lowest BCUT2D eigenvalue weighted by Gasteiger charge is -2.29. The first-order valence-electron chi connectivity index (χ1n) is 16.1. The Labute approximate surface area is 283 Å². The zero-order valence-electron chi connectivity index (χ0n) is 26.6. The highest BCUT2D eigenvalue weighted by atomic mass is 16.2. The van der Waals surface area contributed by atoms with E-state index in [2.05, 4.69) is 31.6 Å². The summed E-state index contributed by atoms with van der Waals surface area (Å²) in [5.74, 6) is -3.25. The molecule has 2 unspecified atom stereocenters. The minimum atomic E-state index is -0.778. The van der Waals surface area contributed by atoms with Crippen molar-refractivity contribution in [2.75, 3.05) is 10.6 Å². The van der Waals surface area contributed by atoms with Gasteiger partial charge in [-0.15, -0.1) is 5.10 Å². The molecule has 17 heteroatoms. The first-order chi connectivity index (χ1) is 24.0. The molecule has 256 valence electrons. The highest BCUT2D eigenvalue weighted by molar-refractivity contribution is 6.08. The summed E-state index contributed by atoms with van der Waals surface area (Å²) < 4.78 is 1.33. The second kappa shape index (κ2) is 13.0. The van der Waals surface area contributed by atoms with Crippen molar-refractivity contribution in [2.24, 2.45) is 0 Å². The van der Waals surface area contributed by atoms with Crippen molar-refractivity contribution in [1.29, 1.82) is 0 Å². The Kier molecular flexibility index (Phi) is 8.38. The number of fused-ring (bicyclic) bond motifs is 2. The van der Waals surface area contributed by atoms with Crippen LogP contribution in [-0.4, -0.2) is 84.1 Å². The third-order valence-electron chi connectivity index (χ3n) is 9.21. The van der Waals surface area contributed by atoms with E-state index in [0.29, 0.717) is 39.3 Å². The molecule has 0 aliphatic carbocycles. The summed E-state index contributed by atoms with van der Waals surface area (Å²) in [4.78, 5) is 103. The Balaban J connectivity index is 0.923. The molecule has 17 nitrogen and oxygen atoms in total. The second-order valence-corrected chi connectivity index (χ2v) is 12.5. The molecule has 2 saturated heterocycles. The average molecular weight is 682 g/mol. The fourth-order valence-corrected chi connectivity index (χ4v) is 6.73. The van der Waals surface area contributed by atoms with Crippen molar-refractivity contribution in [3.8, 4) is 0 Å². The number of aryl methyl sites for hydroxylation is 1. The molecule has 0 spiro atoms. The van der Waals surface area contributed by atoms with Crippen molar-refractivity contribution in [3.63, 3.8) is 0 Å². The maximum atomic E-state index is 13.1. The van der Waals surface area contributed by atoms with E-state index in [9.17, 15) is 38.4 Å². The number of aromatic nitrogens is 3. The van der Waals surface area contributed by atoms with Gasteiger partial charge in [0.15, 0.2) is 0 Å². The summed E-state index contributed by atoms with van der Waals surface area (Å²) in [6.07, 6.45) is 2.53. The zero-order chi connectivity index (χ0) is 35.1. The molecule has 2 fully saturated rings. The molecular formula is C33H31N9O8. The van der Waals surface area contributed by atoms with Crippen LogP contribution in [0.15, 0.2) is 42.6 Å². The van der Waals surface area contributed by atoms with Crippen LogP contribution in [0.2, 0.25) is 0 Å². The van der Waals surface area contributed by atoms with Crippen LogP contribution < -0.4 is 21.3 Å². The van der Waals surface area contributed by atoms with E-state index in [1.807, 2.05) is 0 Å². The molecule has 4 aliphatic heterocycles. The fourth-order valence-electron chi connectivity index (χ4n) is 6.73. The highest BCUT2D eigenvalue weighted by Crippen LogP contribution is 2.34. The maximum Gasteiger partial charge on any atom is 0.255 e. The third-order valence-corrected chi connectivity index (χ3v) is 9.21. The van der Waals surface area contributed by atoms with Gasteiger partial charge in [0.1, 0.15) is 18.6 Å². The third kappa shape index (κ3) is 6.20. The first kappa shape index (κ1) is 32.3. The molecule has 8 amide bonds. The largest absolute Gasteiger partial charge is 0.326 e. The Morgan fingerprint density at radius 1 is 0.740 bits per heavy atom. The van der Waals surface area contributed by atoms with E-state index in [4.69, 9.17) is 0 Å². The average Bonchev–Trinajstić information content (AvgIpc) is 3.77. The van der Waals surface area contributed by atoms with E-state index in [1.165, 1.54) is 14.5 Å². The molecule has 0 bridgehead atoms. The number of benzene rings is 2. The number of carbonyl (C=O) groups excluding carboxylic acids is 8. The van der Waals surface area contributed by atoms with Gasteiger partial charge in [-0.1, -0.05) is 17.3 Å². The molecular weight excluding hydrogens is 650 g/mol. The number of anilines is 2. The first-order valence-corrected chi connectivity index (χ1v) is 16.1. The molecule has 2 aromatic carbocycles. The number of nitrogens with one attached hydrogen (secondary N) is 4. The predicted molar refractivity (Wildman–Crippen MR) is 171 cm³/mol. The van der Waals surface area contributed by atoms with E-state index in [-0.39, 0.29) is 87.7 Å². The number of rotatable bonds is 9. The van der Waals surface area contributed by atoms with Crippen LogP contribution in [-0.2, 0) is 54.8 Å². The minimum absolute atomic E-state index is 0.0349. The van der Waals surface area contributed by atoms with Gasteiger partial charge < -0.3 is 20.4 Å². The van der Waals surface area contributed by atoms with Gasteiger partial charge in [-0.25, -0.2) is 4.68 Å². The Morgan fingerprint density at radius 3 is 1.78 bits per heavy atom. The Bertz CT molecular complexity index is 2010. The molecule has 0 saturated carbocycles. The van der Waals surface area contributed by atoms with Gasteiger partial charge in [-0.2, -0.15) is 0 Å². The van der Waals surface area contributed by atoms with Crippen molar-refractivity contribution < 1.29 is 38.4 Å². The summed E-state index contributed by atoms with van der Waals surface area (Å²) in [6, 6.07) is 8.33. The van der Waals surface area contributed by atoms with E-state index >= 15 is 0 Å². The summed E-state index contributed by atoms with van der Waals surface area (Å²) in [6.45, 7) is 0.0294. The van der Waals surface area contributed by atoms with Crippen molar-refractivity contribution in [1.82, 2.24) is 35.4 Å². The van der Waals surface area contributed by atoms with Gasteiger partial charge in [-0.05, 0) is 37.1 Å². The molecule has 4 N–H and O–H groups in total. The zero-order valence-corrected chi connectivity index (χ0v) is 26.6. The van der Waals surface area contributed by atoms with Crippen LogP contribution in [0.3, 0.4) is 0 Å². The molecule has 50 heavy (non-hydrogen) atoms. The number of piperidine rings is 2. The SMILES string of the molecule is O=C1CCC(N2Cc3c(NC(=O)CCc4cn(CC(=O)Nc5cccc6c5CN(C5CCC(=O)NC5=O)C6=O)nn4)cccc3C2=O)C(=O)N1. The molecule has 3 aromatic rings. The van der Waals surface area contributed by atoms with Crippen molar-refractivity contribution >= 4 is 58.6 Å². The number of imide groups is 2. The Hall–Kier alpha value is -6.26. The van der Waals surface area contributed by atoms with Gasteiger partial charge >= 0.3 is 0 Å². The van der Waals surface area contributed by atoms with Crippen molar-refractivity contribution in [2.45, 2.75) is 70.2 Å². The molecule has 1 aromatic heterocycles. The van der Waals surface area contributed by atoms with Crippen molar-refractivity contribution in [3.05, 3.63) is 70.5 Å². The number of carbonyl (C=O) groups is 8. The number of hydrogen-bond donors (Lipinski definition) is 4. The lowest BCUT2D eigenvalue weighted by atomic mass is 10.0. The maximum absolute atomic E-state index is 13.1. The smallest absolute Gasteiger partial charge is 0.255 e. The fraction of sp³-hybridized carbons (Fsp3) is 0.333. The van der Waals surface area contributed by atoms with Gasteiger partial charge in [0.2, 0.25) is 35.4 Å². The minimum Gasteiger partial charge on any atom is -0.326 e. The van der Waals surface area contributed by atoms with Gasteiger partial charge in [0.05, 0.1) is 5.69 Å². The van der Waals surface area contributed by atoms with Crippen LogP contribution in [0.1, 0.15) is 69.6 Å². The predicted octanol–water partition coefficient (Wildman–Crippen LogP) is 0.0101. The highest BCUT2D eigenvalue weighted by Gasteiger charge is 2.41. The Morgan fingerprint density at radius 2 is 1.26 bits per heavy atom. The molecule has 7 rings (SSSR count). The number of amides is 8. The van der Waals surface area contributed by atoms with Crippen LogP contribution in [0.5, 0.6) is 0 Å². The second-order valence-electron chi connectivity index (χ2n) is 12.5. The monoisotopic (exact) mass is 681 g/mol. The standard InChI is InChI=1S/C33H31N9O8/c43-26(34-22-5-1-3-18-20(22)14-41(32(18)49)24-8-11-27(44)36-30(24)47)10-7-17-13-40(39-38-17)16-29(46)35-23-6-2-4-19-21(23)15-42(33(19)50)25-9-12-28(45)37-31(25)48/h1-6,13,24-25H,7-12,14-16H2,(H,34,43)(H,35,46)(H,36,44,47)(H,37,45,48). The lowest BCUT2D eigenvalue weighted by Crippen LogP contribution is -2.52. The van der Waals surface area contributed by atoms with Crippen LogP contribution >= 0.6 is 0 Å². The van der Waals surface area contributed by atoms with E-state index in [1.54, 1.807) is 42.6 Å². The van der Waals surface area contributed by atoms with Gasteiger partial charge in [0, 0.05) is 78.6 Å². The summed E-state index contributed by atoms with van der Waals surface area (Å²) >= 11 is 0. The summed E-state index contributed by atoms with van der Waals surface area (Å²) in [5, 5.41) is 18.2. The molecule has 2 atom stereocenters. The molecule has 4 aliphatic rings. The van der Waals surface area contributed by atoms with Crippen LogP contribution in [0.25, 0.3) is 0 Å². The van der Waals surface area contributed by atoms with Crippen LogP contribution in [0.4, 0.5) is 11.4 Å². The van der Waals surface area contributed by atoms with Gasteiger partial charge in [-0.3, -0.25) is 49.0 Å². The topological polar surface area (TPSA) is 222 Å². The lowest BCUT2D eigenvalue weighted by molar-refractivity contribution is -0.138.